The second-order valence-electron chi connectivity index (χ2n) is 4.59. The number of likely N-dealkylation sites (tertiary alicyclic amines) is 1. The zero-order valence-electron chi connectivity index (χ0n) is 10.3. The molecule has 3 N–H and O–H groups in total. The summed E-state index contributed by atoms with van der Waals surface area (Å²) < 4.78 is 0. The molecule has 7 heteroatoms. The lowest BCUT2D eigenvalue weighted by Crippen LogP contribution is -2.42. The molecule has 1 amide bonds. The third-order valence-corrected chi connectivity index (χ3v) is 3.11. The Morgan fingerprint density at radius 3 is 2.68 bits per heavy atom. The first-order chi connectivity index (χ1) is 8.90. The maximum atomic E-state index is 12.2. The van der Waals surface area contributed by atoms with Crippen molar-refractivity contribution in [2.45, 2.75) is 25.5 Å². The molecule has 1 aromatic rings. The number of carbonyl (C=O) groups excluding carboxylic acids is 1. The number of carbonyl (C=O) groups is 2. The second-order valence-corrected chi connectivity index (χ2v) is 4.59. The summed E-state index contributed by atoms with van der Waals surface area (Å²) in [5.74, 6) is -1.86. The first kappa shape index (κ1) is 13.3. The molecular weight excluding hydrogens is 252 g/mol. The molecule has 7 nitrogen and oxygen atoms in total. The maximum Gasteiger partial charge on any atom is 0.326 e. The average molecular weight is 266 g/mol. The summed E-state index contributed by atoms with van der Waals surface area (Å²) in [5, 5.41) is 18.5. The summed E-state index contributed by atoms with van der Waals surface area (Å²) in [7, 11) is 0. The third kappa shape index (κ3) is 2.50. The predicted molar refractivity (Wildman–Crippen MR) is 64.9 cm³/mol. The Kier molecular flexibility index (Phi) is 3.39. The van der Waals surface area contributed by atoms with E-state index < -0.39 is 29.6 Å². The molecule has 1 aromatic heterocycles. The number of nitrogens with one attached hydrogen (secondary N) is 1. The van der Waals surface area contributed by atoms with Gasteiger partial charge in [-0.05, 0) is 19.1 Å². The number of nitrogens with zero attached hydrogens (tertiary/aromatic N) is 1. The fourth-order valence-corrected chi connectivity index (χ4v) is 2.17. The molecule has 0 spiro atoms. The summed E-state index contributed by atoms with van der Waals surface area (Å²) in [5.41, 5.74) is -0.0701. The van der Waals surface area contributed by atoms with Crippen LogP contribution in [0.2, 0.25) is 0 Å². The zero-order valence-corrected chi connectivity index (χ0v) is 10.3. The van der Waals surface area contributed by atoms with Gasteiger partial charge in [0.15, 0.2) is 0 Å². The van der Waals surface area contributed by atoms with E-state index in [2.05, 4.69) is 4.98 Å². The van der Waals surface area contributed by atoms with Crippen LogP contribution in [0, 0.1) is 6.92 Å². The van der Waals surface area contributed by atoms with E-state index in [1.54, 1.807) is 13.0 Å². The van der Waals surface area contributed by atoms with E-state index in [1.807, 2.05) is 0 Å². The van der Waals surface area contributed by atoms with Crippen LogP contribution in [-0.4, -0.2) is 50.7 Å². The molecule has 0 aromatic carbocycles. The van der Waals surface area contributed by atoms with Crippen molar-refractivity contribution in [3.8, 4) is 0 Å². The Balaban J connectivity index is 2.33. The van der Waals surface area contributed by atoms with Gasteiger partial charge in [-0.1, -0.05) is 0 Å². The highest BCUT2D eigenvalue weighted by atomic mass is 16.4. The monoisotopic (exact) mass is 266 g/mol. The number of hydrogen-bond donors (Lipinski definition) is 3. The Morgan fingerprint density at radius 1 is 1.42 bits per heavy atom. The molecular formula is C12H14N2O5. The van der Waals surface area contributed by atoms with Crippen LogP contribution in [0.25, 0.3) is 0 Å². The molecule has 102 valence electrons. The van der Waals surface area contributed by atoms with Gasteiger partial charge in [-0.25, -0.2) is 4.79 Å². The summed E-state index contributed by atoms with van der Waals surface area (Å²) in [6.07, 6.45) is -0.903. The number of aromatic amines is 1. The molecule has 1 saturated heterocycles. The molecule has 2 atom stereocenters. The number of pyridine rings is 1. The van der Waals surface area contributed by atoms with Gasteiger partial charge in [0.25, 0.3) is 11.5 Å². The summed E-state index contributed by atoms with van der Waals surface area (Å²) >= 11 is 0. The van der Waals surface area contributed by atoms with Gasteiger partial charge < -0.3 is 20.1 Å². The first-order valence-electron chi connectivity index (χ1n) is 5.82. The van der Waals surface area contributed by atoms with Crippen LogP contribution in [0.3, 0.4) is 0 Å². The van der Waals surface area contributed by atoms with Gasteiger partial charge in [0.2, 0.25) is 0 Å². The molecule has 1 fully saturated rings. The summed E-state index contributed by atoms with van der Waals surface area (Å²) in [4.78, 5) is 38.4. The number of aliphatic hydroxyl groups excluding tert-OH is 1. The number of H-pyrrole nitrogens is 1. The maximum absolute atomic E-state index is 12.2. The molecule has 2 heterocycles. The smallest absolute Gasteiger partial charge is 0.326 e. The van der Waals surface area contributed by atoms with Crippen molar-refractivity contribution >= 4 is 11.9 Å². The van der Waals surface area contributed by atoms with E-state index in [-0.39, 0.29) is 18.5 Å². The van der Waals surface area contributed by atoms with Crippen molar-refractivity contribution < 1.29 is 19.8 Å². The van der Waals surface area contributed by atoms with Gasteiger partial charge in [0.05, 0.1) is 6.10 Å². The van der Waals surface area contributed by atoms with Crippen molar-refractivity contribution in [2.24, 2.45) is 0 Å². The first-order valence-corrected chi connectivity index (χ1v) is 5.82. The molecule has 0 radical (unpaired) electrons. The zero-order chi connectivity index (χ0) is 14.2. The van der Waals surface area contributed by atoms with Gasteiger partial charge in [0, 0.05) is 18.7 Å². The standard InChI is InChI=1S/C12H14N2O5/c1-6-2-3-8(10(16)13-6)11(17)14-5-7(15)4-9(14)12(18)19/h2-3,7,9,15H,4-5H2,1H3,(H,13,16)(H,18,19). The van der Waals surface area contributed by atoms with Gasteiger partial charge in [0.1, 0.15) is 11.6 Å². The summed E-state index contributed by atoms with van der Waals surface area (Å²) in [6.45, 7) is 1.60. The van der Waals surface area contributed by atoms with Crippen molar-refractivity contribution in [1.29, 1.82) is 0 Å². The second kappa shape index (κ2) is 4.85. The minimum absolute atomic E-state index is 0.0230. The Hall–Kier alpha value is -2.15. The molecule has 0 bridgehead atoms. The lowest BCUT2D eigenvalue weighted by molar-refractivity contribution is -0.141. The number of amides is 1. The van der Waals surface area contributed by atoms with E-state index in [1.165, 1.54) is 6.07 Å². The van der Waals surface area contributed by atoms with Gasteiger partial charge in [-0.15, -0.1) is 0 Å². The average Bonchev–Trinajstić information content (AvgIpc) is 2.70. The third-order valence-electron chi connectivity index (χ3n) is 3.11. The van der Waals surface area contributed by atoms with Crippen LogP contribution in [0.4, 0.5) is 0 Å². The molecule has 1 aliphatic rings. The molecule has 19 heavy (non-hydrogen) atoms. The Bertz CT molecular complexity index is 580. The molecule has 1 aliphatic heterocycles. The Labute approximate surface area is 108 Å². The van der Waals surface area contributed by atoms with Crippen molar-refractivity contribution in [3.05, 3.63) is 33.7 Å². The largest absolute Gasteiger partial charge is 0.480 e. The van der Waals surface area contributed by atoms with E-state index in [0.29, 0.717) is 5.69 Å². The minimum Gasteiger partial charge on any atom is -0.480 e. The Morgan fingerprint density at radius 2 is 2.11 bits per heavy atom. The lowest BCUT2D eigenvalue weighted by Gasteiger charge is -2.20. The number of rotatable bonds is 2. The predicted octanol–water partition coefficient (Wildman–Crippen LogP) is -0.657. The van der Waals surface area contributed by atoms with Crippen molar-refractivity contribution in [2.75, 3.05) is 6.54 Å². The quantitative estimate of drug-likeness (QED) is 0.658. The van der Waals surface area contributed by atoms with E-state index >= 15 is 0 Å². The molecule has 2 unspecified atom stereocenters. The van der Waals surface area contributed by atoms with E-state index in [4.69, 9.17) is 5.11 Å². The number of β-amino-alcohol motifs (C(OH)–C–C–N with tert-alkyl or cyclic N) is 1. The fourth-order valence-electron chi connectivity index (χ4n) is 2.17. The van der Waals surface area contributed by atoms with Gasteiger partial charge >= 0.3 is 5.97 Å². The molecule has 2 rings (SSSR count). The van der Waals surface area contributed by atoms with Crippen LogP contribution < -0.4 is 5.56 Å². The number of carboxylic acid groups (broad SMARTS) is 1. The fraction of sp³-hybridized carbons (Fsp3) is 0.417. The highest BCUT2D eigenvalue weighted by Gasteiger charge is 2.39. The number of aliphatic hydroxyl groups is 1. The minimum atomic E-state index is -1.19. The van der Waals surface area contributed by atoms with Crippen molar-refractivity contribution in [1.82, 2.24) is 9.88 Å². The molecule has 0 saturated carbocycles. The number of carboxylic acids is 1. The number of aromatic nitrogens is 1. The van der Waals surface area contributed by atoms with Crippen molar-refractivity contribution in [3.63, 3.8) is 0 Å². The van der Waals surface area contributed by atoms with Crippen LogP contribution >= 0.6 is 0 Å². The van der Waals surface area contributed by atoms with E-state index in [9.17, 15) is 19.5 Å². The van der Waals surface area contributed by atoms with Gasteiger partial charge in [-0.3, -0.25) is 9.59 Å². The number of aryl methyl sites for hydroxylation is 1. The number of hydrogen-bond acceptors (Lipinski definition) is 4. The number of aliphatic carboxylic acids is 1. The normalized spacial score (nSPS) is 22.5. The summed E-state index contributed by atoms with van der Waals surface area (Å²) in [6, 6.07) is 1.83. The van der Waals surface area contributed by atoms with Crippen LogP contribution in [0.15, 0.2) is 16.9 Å². The van der Waals surface area contributed by atoms with Gasteiger partial charge in [-0.2, -0.15) is 0 Å². The van der Waals surface area contributed by atoms with Crippen LogP contribution in [-0.2, 0) is 4.79 Å². The highest BCUT2D eigenvalue weighted by molar-refractivity contribution is 5.96. The SMILES string of the molecule is Cc1ccc(C(=O)N2CC(O)CC2C(=O)O)c(=O)[nH]1. The highest BCUT2D eigenvalue weighted by Crippen LogP contribution is 2.20. The van der Waals surface area contributed by atoms with E-state index in [0.717, 1.165) is 4.90 Å². The van der Waals surface area contributed by atoms with Crippen LogP contribution in [0.1, 0.15) is 22.5 Å². The molecule has 0 aliphatic carbocycles. The lowest BCUT2D eigenvalue weighted by atomic mass is 10.2. The van der Waals surface area contributed by atoms with Crippen LogP contribution in [0.5, 0.6) is 0 Å². The topological polar surface area (TPSA) is 111 Å².